The summed E-state index contributed by atoms with van der Waals surface area (Å²) in [6.07, 6.45) is 3.46. The minimum atomic E-state index is -0.718. The van der Waals surface area contributed by atoms with Crippen LogP contribution < -0.4 is 4.74 Å². The summed E-state index contributed by atoms with van der Waals surface area (Å²) in [6, 6.07) is 14.8. The smallest absolute Gasteiger partial charge is 0.229 e. The van der Waals surface area contributed by atoms with Crippen molar-refractivity contribution in [2.24, 2.45) is 0 Å². The average Bonchev–Trinajstić information content (AvgIpc) is 3.05. The van der Waals surface area contributed by atoms with Crippen LogP contribution >= 0.6 is 11.6 Å². The van der Waals surface area contributed by atoms with Gasteiger partial charge in [-0.2, -0.15) is 0 Å². The van der Waals surface area contributed by atoms with Crippen molar-refractivity contribution < 1.29 is 13.9 Å². The van der Waals surface area contributed by atoms with Crippen LogP contribution in [0.15, 0.2) is 61.1 Å². The van der Waals surface area contributed by atoms with E-state index in [9.17, 15) is 4.79 Å². The molecule has 2 aromatic carbocycles. The quantitative estimate of drug-likeness (QED) is 0.440. The lowest BCUT2D eigenvalue weighted by Gasteiger charge is -2.15. The van der Waals surface area contributed by atoms with Crippen molar-refractivity contribution in [1.82, 2.24) is 14.5 Å². The van der Waals surface area contributed by atoms with E-state index in [1.54, 1.807) is 6.07 Å². The van der Waals surface area contributed by atoms with E-state index in [1.165, 1.54) is 12.4 Å². The average molecular weight is 408 g/mol. The predicted octanol–water partition coefficient (Wildman–Crippen LogP) is 4.96. The standard InChI is InChI=1S/C22H15ClFN3O2/c23-21-19-20(28)15(7-9-29-22(19)26-12-25-21)16-10-13-6-8-27(18(13)11-17(16)24)14-4-2-1-3-5-14/h1-6,8,10-12,15H,7,9H2. The van der Waals surface area contributed by atoms with E-state index in [2.05, 4.69) is 9.97 Å². The normalized spacial score (nSPS) is 16.3. The van der Waals surface area contributed by atoms with Gasteiger partial charge in [-0.05, 0) is 42.3 Å². The molecule has 3 heterocycles. The number of benzene rings is 2. The minimum absolute atomic E-state index is 0.0172. The fraction of sp³-hybridized carbons (Fsp3) is 0.136. The fourth-order valence-electron chi connectivity index (χ4n) is 3.80. The van der Waals surface area contributed by atoms with E-state index < -0.39 is 11.7 Å². The highest BCUT2D eigenvalue weighted by atomic mass is 35.5. The zero-order chi connectivity index (χ0) is 20.0. The van der Waals surface area contributed by atoms with Gasteiger partial charge in [0.25, 0.3) is 0 Å². The molecule has 1 atom stereocenters. The van der Waals surface area contributed by atoms with Crippen molar-refractivity contribution in [2.75, 3.05) is 6.61 Å². The molecule has 5 rings (SSSR count). The number of ketones is 1. The van der Waals surface area contributed by atoms with Crippen molar-refractivity contribution in [3.63, 3.8) is 0 Å². The van der Waals surface area contributed by atoms with Gasteiger partial charge in [-0.3, -0.25) is 4.79 Å². The van der Waals surface area contributed by atoms with Gasteiger partial charge in [0.15, 0.2) is 5.78 Å². The topological polar surface area (TPSA) is 57.0 Å². The van der Waals surface area contributed by atoms with E-state index in [-0.39, 0.29) is 29.0 Å². The van der Waals surface area contributed by atoms with Crippen LogP contribution in [-0.4, -0.2) is 26.9 Å². The van der Waals surface area contributed by atoms with Gasteiger partial charge >= 0.3 is 0 Å². The molecular formula is C22H15ClFN3O2. The Bertz CT molecular complexity index is 1240. The molecule has 0 spiro atoms. The first kappa shape index (κ1) is 17.8. The molecule has 144 valence electrons. The molecular weight excluding hydrogens is 393 g/mol. The van der Waals surface area contributed by atoms with E-state index in [0.717, 1.165) is 16.6 Å². The number of nitrogens with zero attached hydrogens (tertiary/aromatic N) is 3. The molecule has 4 aromatic rings. The third kappa shape index (κ3) is 2.96. The number of Topliss-reactive ketones (excluding diaryl/α,β-unsaturated/α-hetero) is 1. The minimum Gasteiger partial charge on any atom is -0.477 e. The van der Waals surface area contributed by atoms with Gasteiger partial charge in [0.1, 0.15) is 22.9 Å². The number of hydrogen-bond donors (Lipinski definition) is 0. The highest BCUT2D eigenvalue weighted by molar-refractivity contribution is 6.33. The molecule has 1 aliphatic rings. The van der Waals surface area contributed by atoms with Crippen molar-refractivity contribution >= 4 is 28.3 Å². The number of carbonyl (C=O) groups excluding carboxylic acids is 1. The Morgan fingerprint density at radius 3 is 2.79 bits per heavy atom. The molecule has 0 amide bonds. The number of aromatic nitrogens is 3. The molecule has 5 nitrogen and oxygen atoms in total. The Labute approximate surface area is 170 Å². The second-order valence-electron chi connectivity index (χ2n) is 6.85. The third-order valence-corrected chi connectivity index (χ3v) is 5.48. The number of carbonyl (C=O) groups is 1. The van der Waals surface area contributed by atoms with E-state index in [0.29, 0.717) is 12.0 Å². The van der Waals surface area contributed by atoms with Crippen LogP contribution in [0.2, 0.25) is 5.15 Å². The van der Waals surface area contributed by atoms with Crippen LogP contribution in [0.5, 0.6) is 5.88 Å². The molecule has 0 bridgehead atoms. The van der Waals surface area contributed by atoms with Gasteiger partial charge in [-0.25, -0.2) is 14.4 Å². The molecule has 0 fully saturated rings. The molecule has 0 saturated carbocycles. The van der Waals surface area contributed by atoms with Crippen molar-refractivity contribution in [1.29, 1.82) is 0 Å². The molecule has 1 aliphatic heterocycles. The Morgan fingerprint density at radius 1 is 1.14 bits per heavy atom. The molecule has 1 unspecified atom stereocenters. The highest BCUT2D eigenvalue weighted by Crippen LogP contribution is 2.36. The molecule has 7 heteroatoms. The molecule has 0 aliphatic carbocycles. The largest absolute Gasteiger partial charge is 0.477 e. The summed E-state index contributed by atoms with van der Waals surface area (Å²) in [4.78, 5) is 21.0. The Balaban J connectivity index is 1.61. The molecule has 0 saturated heterocycles. The first-order chi connectivity index (χ1) is 14.1. The van der Waals surface area contributed by atoms with Gasteiger partial charge in [-0.15, -0.1) is 0 Å². The lowest BCUT2D eigenvalue weighted by atomic mass is 9.88. The van der Waals surface area contributed by atoms with Crippen LogP contribution in [0.1, 0.15) is 28.3 Å². The van der Waals surface area contributed by atoms with E-state index >= 15 is 4.39 Å². The summed E-state index contributed by atoms with van der Waals surface area (Å²) in [5.74, 6) is -1.34. The maximum Gasteiger partial charge on any atom is 0.229 e. The van der Waals surface area contributed by atoms with Crippen LogP contribution in [-0.2, 0) is 0 Å². The van der Waals surface area contributed by atoms with Crippen LogP contribution in [0.25, 0.3) is 16.6 Å². The molecule has 29 heavy (non-hydrogen) atoms. The van der Waals surface area contributed by atoms with Crippen molar-refractivity contribution in [2.45, 2.75) is 12.3 Å². The number of ether oxygens (including phenoxy) is 1. The number of para-hydroxylation sites is 1. The van der Waals surface area contributed by atoms with Gasteiger partial charge in [0.2, 0.25) is 5.88 Å². The number of halogens is 2. The zero-order valence-electron chi connectivity index (χ0n) is 15.2. The zero-order valence-corrected chi connectivity index (χ0v) is 15.9. The number of hydrogen-bond acceptors (Lipinski definition) is 4. The van der Waals surface area contributed by atoms with Crippen molar-refractivity contribution in [3.05, 3.63) is 83.2 Å². The summed E-state index contributed by atoms with van der Waals surface area (Å²) < 4.78 is 22.7. The number of fused-ring (bicyclic) bond motifs is 2. The fourth-order valence-corrected chi connectivity index (χ4v) is 4.01. The summed E-state index contributed by atoms with van der Waals surface area (Å²) in [6.45, 7) is 0.235. The number of rotatable bonds is 2. The Kier molecular flexibility index (Phi) is 4.28. The lowest BCUT2D eigenvalue weighted by molar-refractivity contribution is 0.0956. The Morgan fingerprint density at radius 2 is 1.97 bits per heavy atom. The first-order valence-electron chi connectivity index (χ1n) is 9.17. The second kappa shape index (κ2) is 6.97. The van der Waals surface area contributed by atoms with E-state index in [4.69, 9.17) is 16.3 Å². The van der Waals surface area contributed by atoms with Gasteiger partial charge < -0.3 is 9.30 Å². The maximum absolute atomic E-state index is 15.2. The van der Waals surface area contributed by atoms with E-state index in [1.807, 2.05) is 47.2 Å². The Hall–Kier alpha value is -3.25. The molecule has 0 N–H and O–H groups in total. The molecule has 2 aromatic heterocycles. The monoisotopic (exact) mass is 407 g/mol. The third-order valence-electron chi connectivity index (χ3n) is 5.19. The summed E-state index contributed by atoms with van der Waals surface area (Å²) in [5, 5.41) is 0.863. The molecule has 0 radical (unpaired) electrons. The second-order valence-corrected chi connectivity index (χ2v) is 7.21. The first-order valence-corrected chi connectivity index (χ1v) is 9.54. The summed E-state index contributed by atoms with van der Waals surface area (Å²) in [5.41, 5.74) is 2.10. The predicted molar refractivity (Wildman–Crippen MR) is 107 cm³/mol. The maximum atomic E-state index is 15.2. The van der Waals surface area contributed by atoms with Crippen LogP contribution in [0.4, 0.5) is 4.39 Å². The van der Waals surface area contributed by atoms with Gasteiger partial charge in [-0.1, -0.05) is 29.8 Å². The lowest BCUT2D eigenvalue weighted by Crippen LogP contribution is -2.15. The van der Waals surface area contributed by atoms with Crippen LogP contribution in [0.3, 0.4) is 0 Å². The van der Waals surface area contributed by atoms with Gasteiger partial charge in [0.05, 0.1) is 18.0 Å². The highest BCUT2D eigenvalue weighted by Gasteiger charge is 2.33. The van der Waals surface area contributed by atoms with Crippen molar-refractivity contribution in [3.8, 4) is 11.6 Å². The summed E-state index contributed by atoms with van der Waals surface area (Å²) >= 11 is 6.12. The summed E-state index contributed by atoms with van der Waals surface area (Å²) in [7, 11) is 0. The van der Waals surface area contributed by atoms with Crippen LogP contribution in [0, 0.1) is 5.82 Å². The SMILES string of the molecule is O=C1c2c(Cl)ncnc2OCCC1c1cc2ccn(-c3ccccc3)c2cc1F. The van der Waals surface area contributed by atoms with Gasteiger partial charge in [0, 0.05) is 17.3 Å².